The van der Waals surface area contributed by atoms with Gasteiger partial charge in [0.05, 0.1) is 0 Å². The Morgan fingerprint density at radius 1 is 1.07 bits per heavy atom. The molecular weight excluding hydrogens is 338 g/mol. The number of benzene rings is 2. The second-order valence-electron chi connectivity index (χ2n) is 7.26. The van der Waals surface area contributed by atoms with Crippen LogP contribution in [0, 0.1) is 0 Å². The van der Waals surface area contributed by atoms with Gasteiger partial charge in [0.2, 0.25) is 5.91 Å². The maximum Gasteiger partial charge on any atom is 0.221 e. The molecule has 0 spiro atoms. The molecule has 0 unspecified atom stereocenters. The van der Waals surface area contributed by atoms with Crippen LogP contribution in [0.15, 0.2) is 54.6 Å². The Balaban J connectivity index is 1.44. The van der Waals surface area contributed by atoms with Gasteiger partial charge in [-0.1, -0.05) is 30.3 Å². The summed E-state index contributed by atoms with van der Waals surface area (Å²) in [5.41, 5.74) is 1.15. The Kier molecular flexibility index (Phi) is 6.85. The van der Waals surface area contributed by atoms with E-state index in [9.17, 15) is 4.79 Å². The molecule has 1 saturated heterocycles. The predicted octanol–water partition coefficient (Wildman–Crippen LogP) is 2.77. The third kappa shape index (κ3) is 6.08. The fraction of sp³-hybridized carbons (Fsp3) is 0.409. The van der Waals surface area contributed by atoms with Crippen LogP contribution in [0.25, 0.3) is 0 Å². The molecule has 1 heterocycles. The largest absolute Gasteiger partial charge is 0.457 e. The lowest BCUT2D eigenvalue weighted by Crippen LogP contribution is -2.51. The van der Waals surface area contributed by atoms with Crippen molar-refractivity contribution in [2.24, 2.45) is 0 Å². The lowest BCUT2D eigenvalue weighted by atomic mass is 10.1. The molecule has 0 aromatic heterocycles. The fourth-order valence-electron chi connectivity index (χ4n) is 3.34. The molecule has 1 N–H and O–H groups in total. The molecule has 0 radical (unpaired) electrons. The SMILES string of the molecule is CN1CCN(C)[C@@H](CC(=O)NCCc2cccc(Oc3ccccc3)c2)C1. The number of hydrogen-bond acceptors (Lipinski definition) is 4. The van der Waals surface area contributed by atoms with Gasteiger partial charge in [-0.25, -0.2) is 0 Å². The normalized spacial score (nSPS) is 18.2. The van der Waals surface area contributed by atoms with Crippen molar-refractivity contribution in [1.82, 2.24) is 15.1 Å². The van der Waals surface area contributed by atoms with Gasteiger partial charge in [-0.05, 0) is 50.3 Å². The van der Waals surface area contributed by atoms with Gasteiger partial charge in [0.15, 0.2) is 0 Å². The number of amides is 1. The molecule has 0 saturated carbocycles. The summed E-state index contributed by atoms with van der Waals surface area (Å²) in [5, 5.41) is 3.06. The second-order valence-corrected chi connectivity index (χ2v) is 7.26. The highest BCUT2D eigenvalue weighted by Crippen LogP contribution is 2.21. The summed E-state index contributed by atoms with van der Waals surface area (Å²) in [6.45, 7) is 3.67. The topological polar surface area (TPSA) is 44.8 Å². The van der Waals surface area contributed by atoms with Gasteiger partial charge in [0.1, 0.15) is 11.5 Å². The molecule has 1 atom stereocenters. The molecule has 0 bridgehead atoms. The van der Waals surface area contributed by atoms with E-state index in [-0.39, 0.29) is 5.91 Å². The van der Waals surface area contributed by atoms with Gasteiger partial charge in [-0.2, -0.15) is 0 Å². The Bertz CT molecular complexity index is 735. The highest BCUT2D eigenvalue weighted by atomic mass is 16.5. The highest BCUT2D eigenvalue weighted by molar-refractivity contribution is 5.76. The van der Waals surface area contributed by atoms with Gasteiger partial charge in [-0.15, -0.1) is 0 Å². The summed E-state index contributed by atoms with van der Waals surface area (Å²) in [7, 11) is 4.21. The van der Waals surface area contributed by atoms with E-state index in [1.807, 2.05) is 48.5 Å². The molecular formula is C22H29N3O2. The number of nitrogens with zero attached hydrogens (tertiary/aromatic N) is 2. The molecule has 5 nitrogen and oxygen atoms in total. The molecule has 0 aliphatic carbocycles. The molecule has 1 aliphatic rings. The number of rotatable bonds is 7. The van der Waals surface area contributed by atoms with E-state index in [0.29, 0.717) is 19.0 Å². The van der Waals surface area contributed by atoms with Gasteiger partial charge in [0, 0.05) is 38.6 Å². The van der Waals surface area contributed by atoms with E-state index >= 15 is 0 Å². The van der Waals surface area contributed by atoms with Crippen molar-refractivity contribution in [3.63, 3.8) is 0 Å². The number of ether oxygens (including phenoxy) is 1. The third-order valence-corrected chi connectivity index (χ3v) is 5.01. The van der Waals surface area contributed by atoms with E-state index in [1.165, 1.54) is 0 Å². The summed E-state index contributed by atoms with van der Waals surface area (Å²) < 4.78 is 5.87. The first kappa shape index (κ1) is 19.4. The monoisotopic (exact) mass is 367 g/mol. The first-order valence-corrected chi connectivity index (χ1v) is 9.57. The van der Waals surface area contributed by atoms with Gasteiger partial charge >= 0.3 is 0 Å². The number of nitrogens with one attached hydrogen (secondary N) is 1. The van der Waals surface area contributed by atoms with E-state index in [0.717, 1.165) is 43.1 Å². The summed E-state index contributed by atoms with van der Waals surface area (Å²) in [5.74, 6) is 1.76. The Morgan fingerprint density at radius 3 is 2.67 bits per heavy atom. The molecule has 1 fully saturated rings. The summed E-state index contributed by atoms with van der Waals surface area (Å²) in [4.78, 5) is 16.9. The van der Waals surface area contributed by atoms with Crippen LogP contribution in [0.1, 0.15) is 12.0 Å². The second kappa shape index (κ2) is 9.53. The standard InChI is InChI=1S/C22H29N3O2/c1-24-13-14-25(2)19(17-24)16-22(26)23-12-11-18-7-6-10-21(15-18)27-20-8-4-3-5-9-20/h3-10,15,19H,11-14,16-17H2,1-2H3,(H,23,26)/t19-/m0/s1. The Hall–Kier alpha value is -2.37. The molecule has 1 amide bonds. The van der Waals surface area contributed by atoms with Gasteiger partial charge in [0.25, 0.3) is 0 Å². The van der Waals surface area contributed by atoms with Crippen LogP contribution in [0.2, 0.25) is 0 Å². The maximum atomic E-state index is 12.3. The molecule has 5 heteroatoms. The summed E-state index contributed by atoms with van der Waals surface area (Å²) >= 11 is 0. The highest BCUT2D eigenvalue weighted by Gasteiger charge is 2.24. The zero-order chi connectivity index (χ0) is 19.1. The molecule has 3 rings (SSSR count). The number of piperazine rings is 1. The first-order valence-electron chi connectivity index (χ1n) is 9.57. The van der Waals surface area contributed by atoms with E-state index in [1.54, 1.807) is 0 Å². The zero-order valence-electron chi connectivity index (χ0n) is 16.2. The van der Waals surface area contributed by atoms with Crippen molar-refractivity contribution < 1.29 is 9.53 Å². The average molecular weight is 367 g/mol. The van der Waals surface area contributed by atoms with Crippen molar-refractivity contribution >= 4 is 5.91 Å². The first-order chi connectivity index (χ1) is 13.1. The minimum Gasteiger partial charge on any atom is -0.457 e. The minimum atomic E-state index is 0.124. The average Bonchev–Trinajstić information content (AvgIpc) is 2.66. The lowest BCUT2D eigenvalue weighted by Gasteiger charge is -2.37. The van der Waals surface area contributed by atoms with E-state index in [2.05, 4.69) is 35.3 Å². The number of carbonyl (C=O) groups excluding carboxylic acids is 1. The van der Waals surface area contributed by atoms with Crippen LogP contribution < -0.4 is 10.1 Å². The molecule has 27 heavy (non-hydrogen) atoms. The molecule has 144 valence electrons. The van der Waals surface area contributed by atoms with Crippen LogP contribution in [-0.4, -0.2) is 62.0 Å². The number of carbonyl (C=O) groups is 1. The van der Waals surface area contributed by atoms with Crippen LogP contribution in [0.3, 0.4) is 0 Å². The molecule has 2 aromatic rings. The third-order valence-electron chi connectivity index (χ3n) is 5.01. The fourth-order valence-corrected chi connectivity index (χ4v) is 3.34. The quantitative estimate of drug-likeness (QED) is 0.817. The van der Waals surface area contributed by atoms with Gasteiger partial charge < -0.3 is 19.9 Å². The van der Waals surface area contributed by atoms with Crippen molar-refractivity contribution in [3.05, 3.63) is 60.2 Å². The van der Waals surface area contributed by atoms with E-state index < -0.39 is 0 Å². The van der Waals surface area contributed by atoms with Crippen LogP contribution >= 0.6 is 0 Å². The Labute approximate surface area is 161 Å². The van der Waals surface area contributed by atoms with Crippen LogP contribution in [0.4, 0.5) is 0 Å². The number of para-hydroxylation sites is 1. The molecule has 1 aliphatic heterocycles. The van der Waals surface area contributed by atoms with Crippen molar-refractivity contribution in [1.29, 1.82) is 0 Å². The van der Waals surface area contributed by atoms with Crippen LogP contribution in [-0.2, 0) is 11.2 Å². The lowest BCUT2D eigenvalue weighted by molar-refractivity contribution is -0.122. The summed E-state index contributed by atoms with van der Waals surface area (Å²) in [6, 6.07) is 18.1. The van der Waals surface area contributed by atoms with Crippen molar-refractivity contribution in [2.75, 3.05) is 40.3 Å². The number of hydrogen-bond donors (Lipinski definition) is 1. The zero-order valence-corrected chi connectivity index (χ0v) is 16.2. The minimum absolute atomic E-state index is 0.124. The van der Waals surface area contributed by atoms with Crippen LogP contribution in [0.5, 0.6) is 11.5 Å². The van der Waals surface area contributed by atoms with Crippen molar-refractivity contribution in [3.8, 4) is 11.5 Å². The summed E-state index contributed by atoms with van der Waals surface area (Å²) in [6.07, 6.45) is 1.34. The maximum absolute atomic E-state index is 12.3. The van der Waals surface area contributed by atoms with Gasteiger partial charge in [-0.3, -0.25) is 4.79 Å². The number of likely N-dealkylation sites (N-methyl/N-ethyl adjacent to an activating group) is 2. The van der Waals surface area contributed by atoms with E-state index in [4.69, 9.17) is 4.74 Å². The van der Waals surface area contributed by atoms with Crippen molar-refractivity contribution in [2.45, 2.75) is 18.9 Å². The predicted molar refractivity (Wildman–Crippen MR) is 108 cm³/mol. The smallest absolute Gasteiger partial charge is 0.221 e. The molecule has 2 aromatic carbocycles. The Morgan fingerprint density at radius 2 is 1.85 bits per heavy atom.